The molecule has 0 aliphatic rings. The number of ether oxygens (including phenoxy) is 3. The van der Waals surface area contributed by atoms with E-state index in [9.17, 15) is 0 Å². The quantitative estimate of drug-likeness (QED) is 0.711. The Morgan fingerprint density at radius 1 is 1.10 bits per heavy atom. The summed E-state index contributed by atoms with van der Waals surface area (Å²) in [5, 5.41) is 3.35. The summed E-state index contributed by atoms with van der Waals surface area (Å²) in [5.74, 6) is 0.919. The summed E-state index contributed by atoms with van der Waals surface area (Å²) in [6.07, 6.45) is 0. The first-order valence-corrected chi connectivity index (χ1v) is 7.48. The van der Waals surface area contributed by atoms with E-state index in [2.05, 4.69) is 24.4 Å². The highest BCUT2D eigenvalue weighted by Gasteiger charge is 2.10. The summed E-state index contributed by atoms with van der Waals surface area (Å²) in [7, 11) is 1.71. The molecule has 4 nitrogen and oxygen atoms in total. The van der Waals surface area contributed by atoms with Crippen LogP contribution in [0.3, 0.4) is 0 Å². The lowest BCUT2D eigenvalue weighted by Gasteiger charge is -2.20. The highest BCUT2D eigenvalue weighted by molar-refractivity contribution is 5.36. The van der Waals surface area contributed by atoms with Gasteiger partial charge in [-0.1, -0.05) is 17.7 Å². The van der Waals surface area contributed by atoms with Crippen molar-refractivity contribution in [2.75, 3.05) is 33.5 Å². The van der Waals surface area contributed by atoms with Gasteiger partial charge in [0.15, 0.2) is 0 Å². The summed E-state index contributed by atoms with van der Waals surface area (Å²) in [4.78, 5) is 0. The van der Waals surface area contributed by atoms with Crippen LogP contribution >= 0.6 is 0 Å². The Morgan fingerprint density at radius 2 is 1.86 bits per heavy atom. The minimum atomic E-state index is -0.124. The fourth-order valence-corrected chi connectivity index (χ4v) is 1.88. The topological polar surface area (TPSA) is 39.7 Å². The van der Waals surface area contributed by atoms with Crippen LogP contribution in [0.25, 0.3) is 0 Å². The van der Waals surface area contributed by atoms with Crippen LogP contribution < -0.4 is 10.1 Å². The van der Waals surface area contributed by atoms with Crippen molar-refractivity contribution in [1.82, 2.24) is 5.32 Å². The average molecular weight is 295 g/mol. The molecule has 0 amide bonds. The first-order valence-electron chi connectivity index (χ1n) is 7.48. The second-order valence-electron chi connectivity index (χ2n) is 6.09. The van der Waals surface area contributed by atoms with Crippen molar-refractivity contribution in [3.05, 3.63) is 29.3 Å². The lowest BCUT2D eigenvalue weighted by Crippen LogP contribution is -2.23. The number of methoxy groups -OCH3 is 1. The van der Waals surface area contributed by atoms with E-state index in [4.69, 9.17) is 14.2 Å². The molecular weight excluding hydrogens is 266 g/mol. The minimum Gasteiger partial charge on any atom is -0.491 e. The summed E-state index contributed by atoms with van der Waals surface area (Å²) >= 11 is 0. The smallest absolute Gasteiger partial charge is 0.123 e. The van der Waals surface area contributed by atoms with Gasteiger partial charge in [0.05, 0.1) is 18.8 Å². The second kappa shape index (κ2) is 9.03. The fourth-order valence-electron chi connectivity index (χ4n) is 1.88. The molecule has 0 saturated heterocycles. The van der Waals surface area contributed by atoms with Crippen LogP contribution in [0, 0.1) is 6.92 Å². The molecule has 0 spiro atoms. The molecule has 0 fully saturated rings. The second-order valence-corrected chi connectivity index (χ2v) is 6.09. The molecule has 1 aromatic rings. The summed E-state index contributed by atoms with van der Waals surface area (Å²) in [6, 6.07) is 6.25. The largest absolute Gasteiger partial charge is 0.491 e. The van der Waals surface area contributed by atoms with Gasteiger partial charge in [-0.15, -0.1) is 0 Å². The molecule has 0 saturated carbocycles. The molecule has 1 N–H and O–H groups in total. The van der Waals surface area contributed by atoms with E-state index in [1.807, 2.05) is 26.8 Å². The lowest BCUT2D eigenvalue weighted by molar-refractivity contribution is -0.0164. The fraction of sp³-hybridized carbons (Fsp3) is 0.647. The molecule has 0 radical (unpaired) electrons. The Morgan fingerprint density at radius 3 is 2.52 bits per heavy atom. The average Bonchev–Trinajstić information content (AvgIpc) is 2.40. The van der Waals surface area contributed by atoms with Gasteiger partial charge in [0.2, 0.25) is 0 Å². The Balaban J connectivity index is 2.48. The van der Waals surface area contributed by atoms with Crippen molar-refractivity contribution in [1.29, 1.82) is 0 Å². The van der Waals surface area contributed by atoms with Gasteiger partial charge >= 0.3 is 0 Å². The molecule has 1 aromatic carbocycles. The van der Waals surface area contributed by atoms with Crippen LogP contribution in [0.5, 0.6) is 5.75 Å². The third-order valence-electron chi connectivity index (χ3n) is 2.89. The number of benzene rings is 1. The Hall–Kier alpha value is -1.10. The Bertz CT molecular complexity index is 413. The lowest BCUT2D eigenvalue weighted by atomic mass is 10.1. The molecule has 4 heteroatoms. The van der Waals surface area contributed by atoms with E-state index in [0.29, 0.717) is 19.8 Å². The van der Waals surface area contributed by atoms with E-state index in [1.165, 1.54) is 11.1 Å². The zero-order valence-corrected chi connectivity index (χ0v) is 14.0. The van der Waals surface area contributed by atoms with E-state index < -0.39 is 0 Å². The molecule has 0 bridgehead atoms. The summed E-state index contributed by atoms with van der Waals surface area (Å²) in [5.41, 5.74) is 2.28. The van der Waals surface area contributed by atoms with Gasteiger partial charge in [0.25, 0.3) is 0 Å². The molecule has 0 heterocycles. The molecule has 1 rings (SSSR count). The first kappa shape index (κ1) is 18.0. The highest BCUT2D eigenvalue weighted by Crippen LogP contribution is 2.20. The first-order chi connectivity index (χ1) is 9.92. The predicted octanol–water partition coefficient (Wildman–Crippen LogP) is 2.92. The molecule has 21 heavy (non-hydrogen) atoms. The van der Waals surface area contributed by atoms with Gasteiger partial charge in [-0.05, 0) is 33.8 Å². The van der Waals surface area contributed by atoms with Crippen LogP contribution in [0.1, 0.15) is 31.9 Å². The highest BCUT2D eigenvalue weighted by atomic mass is 16.5. The maximum atomic E-state index is 5.85. The number of nitrogens with one attached hydrogen (secondary N) is 1. The predicted molar refractivity (Wildman–Crippen MR) is 86.0 cm³/mol. The molecule has 120 valence electrons. The zero-order chi connectivity index (χ0) is 15.7. The van der Waals surface area contributed by atoms with Gasteiger partial charge in [-0.25, -0.2) is 0 Å². The summed E-state index contributed by atoms with van der Waals surface area (Å²) < 4.78 is 16.6. The molecular formula is C17H29NO3. The van der Waals surface area contributed by atoms with Crippen LogP contribution in [-0.4, -0.2) is 39.1 Å². The van der Waals surface area contributed by atoms with Crippen LogP contribution in [0.15, 0.2) is 18.2 Å². The number of hydrogen-bond donors (Lipinski definition) is 1. The van der Waals surface area contributed by atoms with Crippen LogP contribution in [0.4, 0.5) is 0 Å². The van der Waals surface area contributed by atoms with E-state index >= 15 is 0 Å². The normalized spacial score (nSPS) is 11.7. The molecule has 0 aromatic heterocycles. The molecule has 0 unspecified atom stereocenters. The van der Waals surface area contributed by atoms with Crippen molar-refractivity contribution < 1.29 is 14.2 Å². The number of aryl methyl sites for hydroxylation is 1. The van der Waals surface area contributed by atoms with Gasteiger partial charge in [-0.3, -0.25) is 0 Å². The van der Waals surface area contributed by atoms with Gasteiger partial charge < -0.3 is 19.5 Å². The SMILES string of the molecule is COCCNCc1cc(C)ccc1OCCOC(C)(C)C. The van der Waals surface area contributed by atoms with Crippen molar-refractivity contribution in [2.45, 2.75) is 39.8 Å². The third-order valence-corrected chi connectivity index (χ3v) is 2.89. The van der Waals surface area contributed by atoms with Gasteiger partial charge in [0.1, 0.15) is 12.4 Å². The minimum absolute atomic E-state index is 0.124. The standard InChI is InChI=1S/C17H29NO3/c1-14-6-7-16(20-10-11-21-17(2,3)4)15(12-14)13-18-8-9-19-5/h6-7,12,18H,8-11,13H2,1-5H3. The maximum Gasteiger partial charge on any atom is 0.123 e. The van der Waals surface area contributed by atoms with Crippen molar-refractivity contribution >= 4 is 0 Å². The van der Waals surface area contributed by atoms with Crippen LogP contribution in [-0.2, 0) is 16.0 Å². The third kappa shape index (κ3) is 8.05. The number of rotatable bonds is 9. The maximum absolute atomic E-state index is 5.85. The van der Waals surface area contributed by atoms with Gasteiger partial charge in [-0.2, -0.15) is 0 Å². The van der Waals surface area contributed by atoms with Crippen molar-refractivity contribution in [2.24, 2.45) is 0 Å². The van der Waals surface area contributed by atoms with Crippen molar-refractivity contribution in [3.8, 4) is 5.75 Å². The van der Waals surface area contributed by atoms with Gasteiger partial charge in [0, 0.05) is 25.8 Å². The van der Waals surface area contributed by atoms with Crippen molar-refractivity contribution in [3.63, 3.8) is 0 Å². The molecule has 0 atom stereocenters. The van der Waals surface area contributed by atoms with E-state index in [0.717, 1.165) is 18.8 Å². The Kier molecular flexibility index (Phi) is 7.72. The zero-order valence-electron chi connectivity index (χ0n) is 14.0. The molecule has 0 aliphatic heterocycles. The van der Waals surface area contributed by atoms with Crippen LogP contribution in [0.2, 0.25) is 0 Å². The monoisotopic (exact) mass is 295 g/mol. The number of hydrogen-bond acceptors (Lipinski definition) is 4. The van der Waals surface area contributed by atoms with E-state index in [1.54, 1.807) is 7.11 Å². The van der Waals surface area contributed by atoms with E-state index in [-0.39, 0.29) is 5.60 Å². The summed E-state index contributed by atoms with van der Waals surface area (Å²) in [6.45, 7) is 11.7. The molecule has 0 aliphatic carbocycles. The Labute approximate surface area is 128 Å².